The maximum absolute atomic E-state index is 13.1. The molecule has 45 heavy (non-hydrogen) atoms. The van der Waals surface area contributed by atoms with E-state index in [9.17, 15) is 9.59 Å². The van der Waals surface area contributed by atoms with Crippen molar-refractivity contribution < 1.29 is 14.2 Å². The summed E-state index contributed by atoms with van der Waals surface area (Å²) in [6, 6.07) is 29.9. The van der Waals surface area contributed by atoms with Crippen molar-refractivity contribution in [2.75, 3.05) is 44.0 Å². The van der Waals surface area contributed by atoms with Crippen LogP contribution in [0.25, 0.3) is 22.7 Å². The third kappa shape index (κ3) is 5.57. The molecule has 0 N–H and O–H groups in total. The van der Waals surface area contributed by atoms with Crippen LogP contribution in [0.3, 0.4) is 0 Å². The Kier molecular flexibility index (Phi) is 8.38. The second-order valence-electron chi connectivity index (χ2n) is 11.8. The minimum atomic E-state index is -0.0496. The number of rotatable bonds is 8. The lowest BCUT2D eigenvalue weighted by Gasteiger charge is -2.27. The van der Waals surface area contributed by atoms with Crippen LogP contribution >= 0.6 is 11.8 Å². The highest BCUT2D eigenvalue weighted by molar-refractivity contribution is 8.03. The maximum Gasteiger partial charge on any atom is 0.282 e. The van der Waals surface area contributed by atoms with Gasteiger partial charge in [-0.25, -0.2) is 0 Å². The zero-order valence-electron chi connectivity index (χ0n) is 26.8. The van der Waals surface area contributed by atoms with Crippen molar-refractivity contribution in [1.82, 2.24) is 4.90 Å². The second kappa shape index (κ2) is 12.4. The second-order valence-corrected chi connectivity index (χ2v) is 12.9. The molecule has 0 saturated heterocycles. The molecule has 1 aliphatic carbocycles. The van der Waals surface area contributed by atoms with Gasteiger partial charge in [0.05, 0.1) is 30.0 Å². The van der Waals surface area contributed by atoms with Crippen LogP contribution in [-0.2, 0) is 9.59 Å². The quantitative estimate of drug-likeness (QED) is 0.155. The van der Waals surface area contributed by atoms with Crippen molar-refractivity contribution in [3.05, 3.63) is 118 Å². The van der Waals surface area contributed by atoms with Gasteiger partial charge in [0.15, 0.2) is 5.78 Å². The zero-order valence-corrected chi connectivity index (χ0v) is 27.6. The SMILES string of the molecule is CC1=C(C)C(=O)C(N(C)CCCN(C)c2cc(/C=C3\Sc4ccccc4N3C)c3ccccc3[n+]2-c2ccccc2)=C(C)C1=O. The number of aromatic nitrogens is 1. The van der Waals surface area contributed by atoms with E-state index in [1.807, 2.05) is 18.0 Å². The molecule has 228 valence electrons. The van der Waals surface area contributed by atoms with Crippen LogP contribution in [0.15, 0.2) is 117 Å². The van der Waals surface area contributed by atoms with Gasteiger partial charge in [-0.05, 0) is 62.7 Å². The smallest absolute Gasteiger partial charge is 0.282 e. The third-order valence-electron chi connectivity index (χ3n) is 8.95. The number of pyridine rings is 1. The molecule has 0 fully saturated rings. The fourth-order valence-electron chi connectivity index (χ4n) is 6.25. The van der Waals surface area contributed by atoms with Crippen molar-refractivity contribution in [2.45, 2.75) is 32.1 Å². The number of anilines is 2. The van der Waals surface area contributed by atoms with E-state index in [0.29, 0.717) is 29.0 Å². The monoisotopic (exact) mass is 615 g/mol. The van der Waals surface area contributed by atoms with Crippen molar-refractivity contribution in [1.29, 1.82) is 0 Å². The van der Waals surface area contributed by atoms with Crippen molar-refractivity contribution in [2.24, 2.45) is 0 Å². The number of nitrogens with zero attached hydrogens (tertiary/aromatic N) is 4. The van der Waals surface area contributed by atoms with Gasteiger partial charge in [-0.15, -0.1) is 0 Å². The average molecular weight is 616 g/mol. The van der Waals surface area contributed by atoms with E-state index in [2.05, 4.69) is 113 Å². The van der Waals surface area contributed by atoms with Crippen molar-refractivity contribution in [3.63, 3.8) is 0 Å². The number of ketones is 2. The van der Waals surface area contributed by atoms with Gasteiger partial charge in [0.2, 0.25) is 5.78 Å². The first-order chi connectivity index (χ1) is 21.7. The number of Topliss-reactive ketones (excluding diaryl/α,β-unsaturated/α-hetero) is 2. The summed E-state index contributed by atoms with van der Waals surface area (Å²) in [7, 11) is 6.17. The summed E-state index contributed by atoms with van der Waals surface area (Å²) in [5, 5.41) is 2.36. The van der Waals surface area contributed by atoms with Crippen molar-refractivity contribution >= 4 is 51.8 Å². The van der Waals surface area contributed by atoms with E-state index in [4.69, 9.17) is 0 Å². The number of hydrogen-bond donors (Lipinski definition) is 0. The Bertz CT molecular complexity index is 1930. The molecule has 0 amide bonds. The summed E-state index contributed by atoms with van der Waals surface area (Å²) in [6.07, 6.45) is 3.10. The van der Waals surface area contributed by atoms with E-state index in [1.54, 1.807) is 32.5 Å². The first-order valence-electron chi connectivity index (χ1n) is 15.3. The fourth-order valence-corrected chi connectivity index (χ4v) is 7.36. The molecule has 0 radical (unpaired) electrons. The molecule has 0 spiro atoms. The minimum Gasteiger partial charge on any atom is -0.371 e. The molecule has 0 atom stereocenters. The number of hydrogen-bond acceptors (Lipinski definition) is 6. The van der Waals surface area contributed by atoms with Crippen LogP contribution in [0.1, 0.15) is 32.8 Å². The summed E-state index contributed by atoms with van der Waals surface area (Å²) in [5.74, 6) is 0.986. The van der Waals surface area contributed by atoms with Crippen LogP contribution in [0.4, 0.5) is 11.5 Å². The molecule has 1 aliphatic heterocycles. The highest BCUT2D eigenvalue weighted by Crippen LogP contribution is 2.45. The van der Waals surface area contributed by atoms with Gasteiger partial charge in [0.1, 0.15) is 11.2 Å². The summed E-state index contributed by atoms with van der Waals surface area (Å²) >= 11 is 1.80. The van der Waals surface area contributed by atoms with E-state index in [0.717, 1.165) is 35.6 Å². The Balaban J connectivity index is 1.35. The largest absolute Gasteiger partial charge is 0.371 e. The van der Waals surface area contributed by atoms with Crippen LogP contribution in [0, 0.1) is 0 Å². The molecule has 0 saturated carbocycles. The number of para-hydroxylation sites is 3. The van der Waals surface area contributed by atoms with Crippen molar-refractivity contribution in [3.8, 4) is 5.69 Å². The molecule has 6 nitrogen and oxygen atoms in total. The lowest BCUT2D eigenvalue weighted by Crippen LogP contribution is -2.41. The molecular formula is C38H39N4O2S+. The third-order valence-corrected chi connectivity index (χ3v) is 10.1. The summed E-state index contributed by atoms with van der Waals surface area (Å²) in [4.78, 5) is 33.7. The summed E-state index contributed by atoms with van der Waals surface area (Å²) in [5.41, 5.74) is 6.74. The van der Waals surface area contributed by atoms with Gasteiger partial charge in [-0.2, -0.15) is 4.57 Å². The number of benzene rings is 3. The van der Waals surface area contributed by atoms with E-state index in [1.165, 1.54) is 21.0 Å². The Labute approximate surface area is 270 Å². The van der Waals surface area contributed by atoms with Crippen LogP contribution in [0.2, 0.25) is 0 Å². The first kappa shape index (κ1) is 30.4. The lowest BCUT2D eigenvalue weighted by molar-refractivity contribution is -0.553. The van der Waals surface area contributed by atoms with E-state index in [-0.39, 0.29) is 11.6 Å². The van der Waals surface area contributed by atoms with Gasteiger partial charge < -0.3 is 9.80 Å². The predicted molar refractivity (Wildman–Crippen MR) is 186 cm³/mol. The molecule has 2 heterocycles. The Morgan fingerprint density at radius 2 is 1.42 bits per heavy atom. The number of allylic oxidation sites excluding steroid dienone is 3. The molecule has 0 bridgehead atoms. The van der Waals surface area contributed by atoms with Gasteiger partial charge in [-0.1, -0.05) is 60.3 Å². The van der Waals surface area contributed by atoms with E-state index >= 15 is 0 Å². The standard InChI is InChI=1S/C38H39N4O2S/c1-25-26(2)38(44)36(27(3)37(25)43)40(5)22-14-21-39(4)34-23-28(24-35-41(6)32-19-12-13-20-33(32)45-35)30-17-10-11-18-31(30)42(34)29-15-8-7-9-16-29/h7-13,15-20,23-24H,14,21-22H2,1-6H3/q+1. The molecule has 6 rings (SSSR count). The minimum absolute atomic E-state index is 0.0399. The predicted octanol–water partition coefficient (Wildman–Crippen LogP) is 7.18. The van der Waals surface area contributed by atoms with Gasteiger partial charge >= 0.3 is 0 Å². The first-order valence-corrected chi connectivity index (χ1v) is 16.1. The van der Waals surface area contributed by atoms with E-state index < -0.39 is 0 Å². The molecule has 2 aliphatic rings. The molecular weight excluding hydrogens is 577 g/mol. The van der Waals surface area contributed by atoms with Crippen LogP contribution in [-0.4, -0.2) is 50.7 Å². The fraction of sp³-hybridized carbons (Fsp3) is 0.237. The topological polar surface area (TPSA) is 47.7 Å². The van der Waals surface area contributed by atoms with Gasteiger partial charge in [0, 0.05) is 60.1 Å². The number of carbonyl (C=O) groups excluding carboxylic acids is 2. The van der Waals surface area contributed by atoms with Gasteiger partial charge in [0.25, 0.3) is 5.82 Å². The normalized spacial score (nSPS) is 15.9. The Hall–Kier alpha value is -4.62. The number of fused-ring (bicyclic) bond motifs is 2. The highest BCUT2D eigenvalue weighted by Gasteiger charge is 2.30. The highest BCUT2D eigenvalue weighted by atomic mass is 32.2. The molecule has 4 aromatic rings. The summed E-state index contributed by atoms with van der Waals surface area (Å²) in [6.45, 7) is 6.66. The van der Waals surface area contributed by atoms with Crippen LogP contribution in [0.5, 0.6) is 0 Å². The zero-order chi connectivity index (χ0) is 31.8. The number of thioether (sulfide) groups is 1. The molecule has 0 unspecified atom stereocenters. The summed E-state index contributed by atoms with van der Waals surface area (Å²) < 4.78 is 2.33. The van der Waals surface area contributed by atoms with Gasteiger partial charge in [-0.3, -0.25) is 14.5 Å². The number of likely N-dealkylation sites (N-methyl/N-ethyl adjacent to an activating group) is 1. The molecule has 7 heteroatoms. The Morgan fingerprint density at radius 1 is 0.778 bits per heavy atom. The number of carbonyl (C=O) groups is 2. The average Bonchev–Trinajstić information content (AvgIpc) is 3.37. The maximum atomic E-state index is 13.1. The Morgan fingerprint density at radius 3 is 2.18 bits per heavy atom. The molecule has 1 aromatic heterocycles. The lowest BCUT2D eigenvalue weighted by atomic mass is 9.89. The van der Waals surface area contributed by atoms with Crippen LogP contribution < -0.4 is 14.4 Å². The molecule has 3 aromatic carbocycles.